The van der Waals surface area contributed by atoms with Crippen LogP contribution < -0.4 is 10.0 Å². The molecule has 2 N–H and O–H groups in total. The Morgan fingerprint density at radius 1 is 1.37 bits per heavy atom. The fraction of sp³-hybridized carbons (Fsp3) is 0.462. The van der Waals surface area contributed by atoms with E-state index in [1.165, 1.54) is 0 Å². The maximum atomic E-state index is 12.0. The number of primary sulfonamides is 1. The lowest BCUT2D eigenvalue weighted by Crippen LogP contribution is -2.28. The fourth-order valence-electron chi connectivity index (χ4n) is 2.46. The number of sulfonamides is 1. The zero-order valence-electron chi connectivity index (χ0n) is 11.1. The summed E-state index contributed by atoms with van der Waals surface area (Å²) in [7, 11) is -3.53. The van der Waals surface area contributed by atoms with Gasteiger partial charge in [0.15, 0.2) is 0 Å². The van der Waals surface area contributed by atoms with Crippen LogP contribution >= 0.6 is 0 Å². The molecular formula is C13H18N2O3S. The maximum Gasteiger partial charge on any atom is 0.227 e. The third kappa shape index (κ3) is 3.33. The number of hydrogen-bond acceptors (Lipinski definition) is 3. The molecule has 19 heavy (non-hydrogen) atoms. The van der Waals surface area contributed by atoms with E-state index in [0.717, 1.165) is 16.8 Å². The van der Waals surface area contributed by atoms with Crippen LogP contribution in [0.25, 0.3) is 0 Å². The molecule has 0 spiro atoms. The molecule has 1 saturated heterocycles. The summed E-state index contributed by atoms with van der Waals surface area (Å²) in [6.07, 6.45) is 0.240. The van der Waals surface area contributed by atoms with Crippen LogP contribution in [0.3, 0.4) is 0 Å². The van der Waals surface area contributed by atoms with E-state index in [1.54, 1.807) is 4.90 Å². The van der Waals surface area contributed by atoms with Gasteiger partial charge in [-0.3, -0.25) is 4.79 Å². The van der Waals surface area contributed by atoms with Crippen molar-refractivity contribution in [2.24, 2.45) is 11.1 Å². The van der Waals surface area contributed by atoms with Crippen molar-refractivity contribution in [1.82, 2.24) is 0 Å². The molecule has 1 aromatic rings. The van der Waals surface area contributed by atoms with Gasteiger partial charge in [-0.1, -0.05) is 12.1 Å². The molecule has 5 nitrogen and oxygen atoms in total. The number of anilines is 1. The third-order valence-corrected chi connectivity index (χ3v) is 4.26. The highest BCUT2D eigenvalue weighted by molar-refractivity contribution is 7.89. The lowest BCUT2D eigenvalue weighted by Gasteiger charge is -2.19. The van der Waals surface area contributed by atoms with Gasteiger partial charge in [-0.15, -0.1) is 0 Å². The van der Waals surface area contributed by atoms with Crippen LogP contribution in [0.15, 0.2) is 18.2 Å². The van der Waals surface area contributed by atoms with Crippen LogP contribution in [0.1, 0.15) is 17.5 Å². The Kier molecular flexibility index (Phi) is 3.64. The SMILES string of the molecule is Cc1ccc(C)c(N2CC(CS(N)(=O)=O)CC2=O)c1. The first-order valence-corrected chi connectivity index (χ1v) is 7.86. The quantitative estimate of drug-likeness (QED) is 0.896. The average Bonchev–Trinajstić information content (AvgIpc) is 2.60. The van der Waals surface area contributed by atoms with Crippen LogP contribution in [0, 0.1) is 19.8 Å². The van der Waals surface area contributed by atoms with Gasteiger partial charge in [0.1, 0.15) is 0 Å². The lowest BCUT2D eigenvalue weighted by molar-refractivity contribution is -0.117. The molecule has 1 amide bonds. The number of amides is 1. The van der Waals surface area contributed by atoms with Crippen molar-refractivity contribution < 1.29 is 13.2 Å². The summed E-state index contributed by atoms with van der Waals surface area (Å²) >= 11 is 0. The summed E-state index contributed by atoms with van der Waals surface area (Å²) in [4.78, 5) is 13.7. The first kappa shape index (κ1) is 14.0. The number of nitrogens with zero attached hydrogens (tertiary/aromatic N) is 1. The second-order valence-corrected chi connectivity index (χ2v) is 6.85. The van der Waals surface area contributed by atoms with Crippen LogP contribution in [0.4, 0.5) is 5.69 Å². The molecular weight excluding hydrogens is 264 g/mol. The van der Waals surface area contributed by atoms with Crippen LogP contribution in [-0.2, 0) is 14.8 Å². The van der Waals surface area contributed by atoms with E-state index in [-0.39, 0.29) is 24.0 Å². The zero-order valence-corrected chi connectivity index (χ0v) is 11.9. The summed E-state index contributed by atoms with van der Waals surface area (Å²) in [5, 5.41) is 5.04. The van der Waals surface area contributed by atoms with Gasteiger partial charge >= 0.3 is 0 Å². The normalized spacial score (nSPS) is 20.1. The molecule has 1 aromatic carbocycles. The predicted octanol–water partition coefficient (Wildman–Crippen LogP) is 0.945. The molecule has 1 unspecified atom stereocenters. The lowest BCUT2D eigenvalue weighted by atomic mass is 10.1. The monoisotopic (exact) mass is 282 g/mol. The summed E-state index contributed by atoms with van der Waals surface area (Å²) in [6.45, 7) is 4.32. The van der Waals surface area contributed by atoms with Gasteiger partial charge in [0.05, 0.1) is 5.75 Å². The van der Waals surface area contributed by atoms with Crippen molar-refractivity contribution in [1.29, 1.82) is 0 Å². The summed E-state index contributed by atoms with van der Waals surface area (Å²) in [6, 6.07) is 5.90. The molecule has 104 valence electrons. The van der Waals surface area contributed by atoms with Gasteiger partial charge in [0, 0.05) is 24.6 Å². The average molecular weight is 282 g/mol. The highest BCUT2D eigenvalue weighted by Gasteiger charge is 2.33. The Labute approximate surface area is 113 Å². The first-order chi connectivity index (χ1) is 8.76. The molecule has 6 heteroatoms. The number of nitrogens with two attached hydrogens (primary N) is 1. The van der Waals surface area contributed by atoms with Crippen molar-refractivity contribution in [3.63, 3.8) is 0 Å². The van der Waals surface area contributed by atoms with Gasteiger partial charge in [0.2, 0.25) is 15.9 Å². The second-order valence-electron chi connectivity index (χ2n) is 5.19. The van der Waals surface area contributed by atoms with Gasteiger partial charge in [-0.25, -0.2) is 13.6 Å². The molecule has 1 aliphatic rings. The Hall–Kier alpha value is -1.40. The molecule has 2 rings (SSSR count). The van der Waals surface area contributed by atoms with Crippen molar-refractivity contribution in [2.45, 2.75) is 20.3 Å². The van der Waals surface area contributed by atoms with Crippen molar-refractivity contribution in [3.8, 4) is 0 Å². The largest absolute Gasteiger partial charge is 0.312 e. The van der Waals surface area contributed by atoms with E-state index in [4.69, 9.17) is 5.14 Å². The number of benzene rings is 1. The van der Waals surface area contributed by atoms with Crippen molar-refractivity contribution in [3.05, 3.63) is 29.3 Å². The van der Waals surface area contributed by atoms with E-state index in [2.05, 4.69) is 0 Å². The Morgan fingerprint density at radius 2 is 2.05 bits per heavy atom. The molecule has 1 heterocycles. The number of aryl methyl sites for hydroxylation is 2. The highest BCUT2D eigenvalue weighted by atomic mass is 32.2. The molecule has 0 bridgehead atoms. The summed E-state index contributed by atoms with van der Waals surface area (Å²) in [5.74, 6) is -0.398. The van der Waals surface area contributed by atoms with Gasteiger partial charge < -0.3 is 4.90 Å². The molecule has 0 aromatic heterocycles. The van der Waals surface area contributed by atoms with E-state index in [1.807, 2.05) is 32.0 Å². The van der Waals surface area contributed by atoms with Crippen LogP contribution in [0.2, 0.25) is 0 Å². The molecule has 1 atom stereocenters. The Balaban J connectivity index is 2.23. The van der Waals surface area contributed by atoms with E-state index in [9.17, 15) is 13.2 Å². The number of carbonyl (C=O) groups excluding carboxylic acids is 1. The van der Waals surface area contributed by atoms with Crippen LogP contribution in [-0.4, -0.2) is 26.6 Å². The molecule has 0 saturated carbocycles. The molecule has 1 aliphatic heterocycles. The number of hydrogen-bond donors (Lipinski definition) is 1. The van der Waals surface area contributed by atoms with Crippen LogP contribution in [0.5, 0.6) is 0 Å². The topological polar surface area (TPSA) is 80.5 Å². The minimum absolute atomic E-state index is 0.0395. The highest BCUT2D eigenvalue weighted by Crippen LogP contribution is 2.29. The van der Waals surface area contributed by atoms with E-state index < -0.39 is 10.0 Å². The predicted molar refractivity (Wildman–Crippen MR) is 74.4 cm³/mol. The Morgan fingerprint density at radius 3 is 2.68 bits per heavy atom. The molecule has 0 aliphatic carbocycles. The van der Waals surface area contributed by atoms with Gasteiger partial charge in [-0.05, 0) is 31.0 Å². The maximum absolute atomic E-state index is 12.0. The van der Waals surface area contributed by atoms with Gasteiger partial charge in [-0.2, -0.15) is 0 Å². The van der Waals surface area contributed by atoms with Crippen molar-refractivity contribution in [2.75, 3.05) is 17.2 Å². The van der Waals surface area contributed by atoms with Crippen molar-refractivity contribution >= 4 is 21.6 Å². The smallest absolute Gasteiger partial charge is 0.227 e. The van der Waals surface area contributed by atoms with Gasteiger partial charge in [0.25, 0.3) is 0 Å². The van der Waals surface area contributed by atoms with E-state index >= 15 is 0 Å². The van der Waals surface area contributed by atoms with E-state index in [0.29, 0.717) is 6.54 Å². The molecule has 1 fully saturated rings. The number of rotatable bonds is 3. The third-order valence-electron chi connectivity index (χ3n) is 3.33. The minimum atomic E-state index is -3.53. The molecule has 0 radical (unpaired) electrons. The fourth-order valence-corrected chi connectivity index (χ4v) is 3.35. The number of carbonyl (C=O) groups is 1. The summed E-state index contributed by atoms with van der Waals surface area (Å²) in [5.41, 5.74) is 2.94. The standard InChI is InChI=1S/C13H18N2O3S/c1-9-3-4-10(2)12(5-9)15-7-11(6-13(15)16)8-19(14,17)18/h3-5,11H,6-8H2,1-2H3,(H2,14,17,18). The zero-order chi connectivity index (χ0) is 14.2. The Bertz CT molecular complexity index is 610. The summed E-state index contributed by atoms with van der Waals surface area (Å²) < 4.78 is 22.2. The first-order valence-electron chi connectivity index (χ1n) is 6.14. The minimum Gasteiger partial charge on any atom is -0.312 e. The second kappa shape index (κ2) is 4.94.